The van der Waals surface area contributed by atoms with E-state index in [-0.39, 0.29) is 6.04 Å². The van der Waals surface area contributed by atoms with Gasteiger partial charge in [-0.1, -0.05) is 17.7 Å². The van der Waals surface area contributed by atoms with Crippen molar-refractivity contribution in [2.75, 3.05) is 0 Å². The van der Waals surface area contributed by atoms with Crippen molar-refractivity contribution in [2.24, 2.45) is 5.84 Å². The van der Waals surface area contributed by atoms with Crippen molar-refractivity contribution in [1.29, 1.82) is 0 Å². The number of hydrazine groups is 1. The Bertz CT molecular complexity index is 584. The third-order valence-corrected chi connectivity index (χ3v) is 3.60. The molecule has 2 aromatic rings. The molecular formula is C16H22N4. The third kappa shape index (κ3) is 3.21. The Hall–Kier alpha value is -1.78. The molecule has 0 aliphatic rings. The van der Waals surface area contributed by atoms with Gasteiger partial charge in [0.15, 0.2) is 0 Å². The first kappa shape index (κ1) is 14.6. The second-order valence-corrected chi connectivity index (χ2v) is 5.33. The van der Waals surface area contributed by atoms with Gasteiger partial charge in [-0.3, -0.25) is 11.3 Å². The van der Waals surface area contributed by atoms with Gasteiger partial charge in [-0.25, -0.2) is 9.97 Å². The highest BCUT2D eigenvalue weighted by Gasteiger charge is 2.15. The van der Waals surface area contributed by atoms with Crippen LogP contribution in [0.25, 0.3) is 0 Å². The number of aromatic nitrogens is 2. The molecule has 3 N–H and O–H groups in total. The zero-order chi connectivity index (χ0) is 14.7. The number of hydrogen-bond donors (Lipinski definition) is 2. The standard InChI is InChI=1S/C16H22N4/c1-10-7-11(2)14(12(3)8-10)9-16(20-17)15-5-6-18-13(4)19-15/h5-8,16,20H,9,17H2,1-4H3. The van der Waals surface area contributed by atoms with Crippen molar-refractivity contribution in [1.82, 2.24) is 15.4 Å². The normalized spacial score (nSPS) is 12.4. The number of nitrogens with one attached hydrogen (secondary N) is 1. The molecule has 0 saturated carbocycles. The fourth-order valence-electron chi connectivity index (χ4n) is 2.65. The molecule has 0 fully saturated rings. The number of benzene rings is 1. The van der Waals surface area contributed by atoms with Crippen LogP contribution in [-0.2, 0) is 6.42 Å². The number of hydrogen-bond acceptors (Lipinski definition) is 4. The van der Waals surface area contributed by atoms with Crippen LogP contribution >= 0.6 is 0 Å². The summed E-state index contributed by atoms with van der Waals surface area (Å²) in [5.74, 6) is 6.49. The van der Waals surface area contributed by atoms with Gasteiger partial charge in [0.1, 0.15) is 5.82 Å². The Labute approximate surface area is 120 Å². The predicted molar refractivity (Wildman–Crippen MR) is 81.2 cm³/mol. The number of aryl methyl sites for hydroxylation is 4. The molecule has 1 heterocycles. The topological polar surface area (TPSA) is 63.8 Å². The Kier molecular flexibility index (Phi) is 4.47. The maximum atomic E-state index is 5.72. The second kappa shape index (κ2) is 6.11. The highest BCUT2D eigenvalue weighted by molar-refractivity contribution is 5.38. The largest absolute Gasteiger partial charge is 0.271 e. The molecule has 0 saturated heterocycles. The van der Waals surface area contributed by atoms with Crippen LogP contribution in [0.5, 0.6) is 0 Å². The van der Waals surface area contributed by atoms with E-state index in [0.717, 1.165) is 17.9 Å². The van der Waals surface area contributed by atoms with Crippen molar-refractivity contribution in [2.45, 2.75) is 40.2 Å². The molecule has 1 atom stereocenters. The average molecular weight is 270 g/mol. The molecule has 4 heteroatoms. The molecule has 0 aliphatic heterocycles. The minimum Gasteiger partial charge on any atom is -0.271 e. The molecule has 1 aromatic carbocycles. The Morgan fingerprint density at radius 1 is 1.15 bits per heavy atom. The summed E-state index contributed by atoms with van der Waals surface area (Å²) in [5.41, 5.74) is 9.02. The van der Waals surface area contributed by atoms with Crippen LogP contribution in [0.1, 0.15) is 39.8 Å². The van der Waals surface area contributed by atoms with Crippen LogP contribution in [0.15, 0.2) is 24.4 Å². The zero-order valence-corrected chi connectivity index (χ0v) is 12.6. The van der Waals surface area contributed by atoms with E-state index < -0.39 is 0 Å². The molecule has 0 spiro atoms. The minimum absolute atomic E-state index is 0.00296. The third-order valence-electron chi connectivity index (χ3n) is 3.60. The Balaban J connectivity index is 2.32. The monoisotopic (exact) mass is 270 g/mol. The van der Waals surface area contributed by atoms with Gasteiger partial charge in [-0.15, -0.1) is 0 Å². The highest BCUT2D eigenvalue weighted by Crippen LogP contribution is 2.22. The molecule has 2 rings (SSSR count). The molecule has 20 heavy (non-hydrogen) atoms. The second-order valence-electron chi connectivity index (χ2n) is 5.33. The van der Waals surface area contributed by atoms with Crippen molar-refractivity contribution in [3.05, 3.63) is 58.2 Å². The first-order valence-corrected chi connectivity index (χ1v) is 6.83. The van der Waals surface area contributed by atoms with Gasteiger partial charge in [0.05, 0.1) is 11.7 Å². The van der Waals surface area contributed by atoms with Crippen LogP contribution in [0.2, 0.25) is 0 Å². The fraction of sp³-hybridized carbons (Fsp3) is 0.375. The molecule has 4 nitrogen and oxygen atoms in total. The molecule has 0 aliphatic carbocycles. The first-order chi connectivity index (χ1) is 9.51. The summed E-state index contributed by atoms with van der Waals surface area (Å²) in [4.78, 5) is 8.59. The van der Waals surface area contributed by atoms with Crippen LogP contribution in [-0.4, -0.2) is 9.97 Å². The predicted octanol–water partition coefficient (Wildman–Crippen LogP) is 2.46. The van der Waals surface area contributed by atoms with E-state index in [0.29, 0.717) is 0 Å². The lowest BCUT2D eigenvalue weighted by Gasteiger charge is -2.19. The minimum atomic E-state index is -0.00296. The van der Waals surface area contributed by atoms with Crippen molar-refractivity contribution < 1.29 is 0 Å². The van der Waals surface area contributed by atoms with E-state index in [1.165, 1.54) is 22.3 Å². The maximum absolute atomic E-state index is 5.72. The fourth-order valence-corrected chi connectivity index (χ4v) is 2.65. The smallest absolute Gasteiger partial charge is 0.125 e. The lowest BCUT2D eigenvalue weighted by Crippen LogP contribution is -2.30. The summed E-state index contributed by atoms with van der Waals surface area (Å²) in [7, 11) is 0. The molecule has 1 aromatic heterocycles. The molecule has 0 radical (unpaired) electrons. The first-order valence-electron chi connectivity index (χ1n) is 6.83. The van der Waals surface area contributed by atoms with E-state index in [1.54, 1.807) is 6.20 Å². The Morgan fingerprint density at radius 3 is 2.35 bits per heavy atom. The summed E-state index contributed by atoms with van der Waals surface area (Å²) in [5, 5.41) is 0. The van der Waals surface area contributed by atoms with E-state index in [4.69, 9.17) is 5.84 Å². The molecule has 0 amide bonds. The maximum Gasteiger partial charge on any atom is 0.125 e. The number of nitrogens with two attached hydrogens (primary N) is 1. The van der Waals surface area contributed by atoms with Gasteiger partial charge in [0.25, 0.3) is 0 Å². The molecule has 1 unspecified atom stereocenters. The summed E-state index contributed by atoms with van der Waals surface area (Å²) in [6.07, 6.45) is 2.60. The lowest BCUT2D eigenvalue weighted by atomic mass is 9.93. The van der Waals surface area contributed by atoms with Gasteiger partial charge >= 0.3 is 0 Å². The van der Waals surface area contributed by atoms with Crippen LogP contribution in [0, 0.1) is 27.7 Å². The quantitative estimate of drug-likeness (QED) is 0.661. The van der Waals surface area contributed by atoms with Crippen molar-refractivity contribution >= 4 is 0 Å². The molecule has 106 valence electrons. The van der Waals surface area contributed by atoms with E-state index in [2.05, 4.69) is 48.3 Å². The van der Waals surface area contributed by atoms with E-state index >= 15 is 0 Å². The van der Waals surface area contributed by atoms with Crippen molar-refractivity contribution in [3.63, 3.8) is 0 Å². The van der Waals surface area contributed by atoms with Crippen LogP contribution < -0.4 is 11.3 Å². The van der Waals surface area contributed by atoms with Gasteiger partial charge < -0.3 is 0 Å². The summed E-state index contributed by atoms with van der Waals surface area (Å²) in [6, 6.07) is 6.33. The zero-order valence-electron chi connectivity index (χ0n) is 12.6. The summed E-state index contributed by atoms with van der Waals surface area (Å²) < 4.78 is 0. The van der Waals surface area contributed by atoms with Gasteiger partial charge in [0.2, 0.25) is 0 Å². The Morgan fingerprint density at radius 2 is 1.80 bits per heavy atom. The number of nitrogens with zero attached hydrogens (tertiary/aromatic N) is 2. The summed E-state index contributed by atoms with van der Waals surface area (Å²) in [6.45, 7) is 8.30. The van der Waals surface area contributed by atoms with E-state index in [1.807, 2.05) is 13.0 Å². The van der Waals surface area contributed by atoms with Crippen LogP contribution in [0.4, 0.5) is 0 Å². The van der Waals surface area contributed by atoms with Gasteiger partial charge in [-0.05, 0) is 56.9 Å². The lowest BCUT2D eigenvalue weighted by molar-refractivity contribution is 0.533. The SMILES string of the molecule is Cc1cc(C)c(CC(NN)c2ccnc(C)n2)c(C)c1. The highest BCUT2D eigenvalue weighted by atomic mass is 15.2. The van der Waals surface area contributed by atoms with E-state index in [9.17, 15) is 0 Å². The summed E-state index contributed by atoms with van der Waals surface area (Å²) >= 11 is 0. The van der Waals surface area contributed by atoms with Crippen molar-refractivity contribution in [3.8, 4) is 0 Å². The number of rotatable bonds is 4. The van der Waals surface area contributed by atoms with Crippen LogP contribution in [0.3, 0.4) is 0 Å². The van der Waals surface area contributed by atoms with Gasteiger partial charge in [-0.2, -0.15) is 0 Å². The molecule has 0 bridgehead atoms. The average Bonchev–Trinajstić information content (AvgIpc) is 2.38. The molecular weight excluding hydrogens is 248 g/mol. The van der Waals surface area contributed by atoms with Gasteiger partial charge in [0, 0.05) is 6.20 Å².